The average Bonchev–Trinajstić information content (AvgIpc) is 3.07. The van der Waals surface area contributed by atoms with Crippen LogP contribution >= 0.6 is 0 Å². The molecule has 25 heavy (non-hydrogen) atoms. The lowest BCUT2D eigenvalue weighted by atomic mass is 10.0. The quantitative estimate of drug-likeness (QED) is 0.784. The molecule has 3 rings (SSSR count). The second-order valence-electron chi connectivity index (χ2n) is 6.34. The molecule has 0 radical (unpaired) electrons. The molecule has 5 heteroatoms. The van der Waals surface area contributed by atoms with E-state index in [1.165, 1.54) is 0 Å². The Balaban J connectivity index is 1.60. The first kappa shape index (κ1) is 17.2. The van der Waals surface area contributed by atoms with Gasteiger partial charge in [0.25, 0.3) is 5.91 Å². The van der Waals surface area contributed by atoms with E-state index < -0.39 is 6.10 Å². The van der Waals surface area contributed by atoms with Crippen LogP contribution in [0.15, 0.2) is 54.6 Å². The van der Waals surface area contributed by atoms with Crippen LogP contribution in [0, 0.1) is 5.92 Å². The predicted octanol–water partition coefficient (Wildman–Crippen LogP) is 2.72. The van der Waals surface area contributed by atoms with Gasteiger partial charge in [0.15, 0.2) is 0 Å². The molecule has 0 spiro atoms. The van der Waals surface area contributed by atoms with E-state index in [1.54, 1.807) is 24.3 Å². The molecule has 0 bridgehead atoms. The van der Waals surface area contributed by atoms with Crippen LogP contribution in [0.2, 0.25) is 0 Å². The zero-order valence-electron chi connectivity index (χ0n) is 13.9. The number of carbonyl (C=O) groups is 2. The lowest BCUT2D eigenvalue weighted by Crippen LogP contribution is -2.29. The summed E-state index contributed by atoms with van der Waals surface area (Å²) >= 11 is 0. The number of hydrogen-bond acceptors (Lipinski definition) is 3. The van der Waals surface area contributed by atoms with Crippen molar-refractivity contribution in [3.05, 3.63) is 65.7 Å². The number of hydrogen-bond donors (Lipinski definition) is 3. The summed E-state index contributed by atoms with van der Waals surface area (Å²) in [5.74, 6) is -0.747. The van der Waals surface area contributed by atoms with Crippen molar-refractivity contribution in [2.45, 2.75) is 31.9 Å². The fraction of sp³-hybridized carbons (Fsp3) is 0.300. The molecule has 1 aliphatic carbocycles. The van der Waals surface area contributed by atoms with Gasteiger partial charge in [0.05, 0.1) is 12.0 Å². The summed E-state index contributed by atoms with van der Waals surface area (Å²) in [6.45, 7) is 0.449. The van der Waals surface area contributed by atoms with Crippen LogP contribution in [-0.4, -0.2) is 23.0 Å². The van der Waals surface area contributed by atoms with Gasteiger partial charge in [0.2, 0.25) is 5.91 Å². The number of anilines is 1. The molecular formula is C20H22N2O3. The first-order valence-electron chi connectivity index (χ1n) is 8.54. The molecule has 2 aromatic carbocycles. The van der Waals surface area contributed by atoms with E-state index in [-0.39, 0.29) is 17.7 Å². The third kappa shape index (κ3) is 4.45. The molecule has 2 atom stereocenters. The zero-order valence-corrected chi connectivity index (χ0v) is 13.9. The second kappa shape index (κ2) is 7.94. The highest BCUT2D eigenvalue weighted by Gasteiger charge is 2.31. The summed E-state index contributed by atoms with van der Waals surface area (Å²) in [5, 5.41) is 15.5. The fourth-order valence-corrected chi connectivity index (χ4v) is 3.10. The van der Waals surface area contributed by atoms with Crippen molar-refractivity contribution in [2.24, 2.45) is 5.92 Å². The zero-order chi connectivity index (χ0) is 17.6. The van der Waals surface area contributed by atoms with Crippen LogP contribution in [0.25, 0.3) is 0 Å². The topological polar surface area (TPSA) is 78.4 Å². The van der Waals surface area contributed by atoms with E-state index in [4.69, 9.17) is 0 Å². The summed E-state index contributed by atoms with van der Waals surface area (Å²) in [7, 11) is 0. The Morgan fingerprint density at radius 3 is 2.56 bits per heavy atom. The van der Waals surface area contributed by atoms with Crippen molar-refractivity contribution < 1.29 is 14.7 Å². The lowest BCUT2D eigenvalue weighted by molar-refractivity contribution is -0.122. The molecule has 0 heterocycles. The minimum atomic E-state index is -0.572. The molecule has 2 unspecified atom stereocenters. The number of aliphatic hydroxyl groups excluding tert-OH is 1. The van der Waals surface area contributed by atoms with E-state index in [9.17, 15) is 14.7 Å². The Bertz CT molecular complexity index is 746. The molecule has 0 saturated heterocycles. The summed E-state index contributed by atoms with van der Waals surface area (Å²) in [4.78, 5) is 24.5. The average molecular weight is 338 g/mol. The molecule has 5 nitrogen and oxygen atoms in total. The van der Waals surface area contributed by atoms with E-state index >= 15 is 0 Å². The summed E-state index contributed by atoms with van der Waals surface area (Å²) in [6.07, 6.45) is 1.66. The minimum Gasteiger partial charge on any atom is -0.392 e. The predicted molar refractivity (Wildman–Crippen MR) is 96.0 cm³/mol. The van der Waals surface area contributed by atoms with Crippen LogP contribution in [0.5, 0.6) is 0 Å². The van der Waals surface area contributed by atoms with E-state index in [0.717, 1.165) is 12.0 Å². The normalized spacial score (nSPS) is 19.4. The van der Waals surface area contributed by atoms with Crippen LogP contribution in [0.4, 0.5) is 5.69 Å². The monoisotopic (exact) mass is 338 g/mol. The molecule has 0 aromatic heterocycles. The largest absolute Gasteiger partial charge is 0.392 e. The van der Waals surface area contributed by atoms with Crippen molar-refractivity contribution in [1.82, 2.24) is 5.32 Å². The SMILES string of the molecule is O=C(NCc1ccccc1)c1cccc(NC(=O)C2CCCC2O)c1. The van der Waals surface area contributed by atoms with Gasteiger partial charge < -0.3 is 15.7 Å². The highest BCUT2D eigenvalue weighted by molar-refractivity contribution is 5.97. The van der Waals surface area contributed by atoms with E-state index in [1.807, 2.05) is 30.3 Å². The lowest BCUT2D eigenvalue weighted by Gasteiger charge is -2.15. The molecule has 3 N–H and O–H groups in total. The van der Waals surface area contributed by atoms with Crippen LogP contribution in [0.3, 0.4) is 0 Å². The number of benzene rings is 2. The van der Waals surface area contributed by atoms with Crippen molar-refractivity contribution >= 4 is 17.5 Å². The highest BCUT2D eigenvalue weighted by Crippen LogP contribution is 2.26. The number of nitrogens with one attached hydrogen (secondary N) is 2. The van der Waals surface area contributed by atoms with Gasteiger partial charge in [-0.1, -0.05) is 36.4 Å². The van der Waals surface area contributed by atoms with E-state index in [0.29, 0.717) is 30.6 Å². The Kier molecular flexibility index (Phi) is 5.46. The fourth-order valence-electron chi connectivity index (χ4n) is 3.10. The number of carbonyl (C=O) groups excluding carboxylic acids is 2. The van der Waals surface area contributed by atoms with Gasteiger partial charge in [-0.05, 0) is 43.0 Å². The molecule has 2 amide bonds. The minimum absolute atomic E-state index is 0.188. The van der Waals surface area contributed by atoms with Crippen molar-refractivity contribution in [2.75, 3.05) is 5.32 Å². The molecule has 130 valence electrons. The smallest absolute Gasteiger partial charge is 0.251 e. The first-order chi connectivity index (χ1) is 12.1. The molecule has 1 aliphatic rings. The highest BCUT2D eigenvalue weighted by atomic mass is 16.3. The maximum Gasteiger partial charge on any atom is 0.251 e. The Morgan fingerprint density at radius 2 is 1.84 bits per heavy atom. The number of rotatable bonds is 5. The van der Waals surface area contributed by atoms with Gasteiger partial charge in [0.1, 0.15) is 0 Å². The molecule has 0 aliphatic heterocycles. The first-order valence-corrected chi connectivity index (χ1v) is 8.54. The molecular weight excluding hydrogens is 316 g/mol. The van der Waals surface area contributed by atoms with Crippen LogP contribution < -0.4 is 10.6 Å². The van der Waals surface area contributed by atoms with Crippen LogP contribution in [0.1, 0.15) is 35.2 Å². The standard InChI is InChI=1S/C20H22N2O3/c23-18-11-5-10-17(18)20(25)22-16-9-4-8-15(12-16)19(24)21-13-14-6-2-1-3-7-14/h1-4,6-9,12,17-18,23H,5,10-11,13H2,(H,21,24)(H,22,25). The van der Waals surface area contributed by atoms with Gasteiger partial charge in [-0.25, -0.2) is 0 Å². The number of aliphatic hydroxyl groups is 1. The van der Waals surface area contributed by atoms with Gasteiger partial charge >= 0.3 is 0 Å². The third-order valence-electron chi connectivity index (χ3n) is 4.50. The molecule has 1 saturated carbocycles. The second-order valence-corrected chi connectivity index (χ2v) is 6.34. The molecule has 2 aromatic rings. The Hall–Kier alpha value is -2.66. The maximum absolute atomic E-state index is 12.3. The van der Waals surface area contributed by atoms with Crippen molar-refractivity contribution in [3.8, 4) is 0 Å². The van der Waals surface area contributed by atoms with E-state index in [2.05, 4.69) is 10.6 Å². The molecule has 1 fully saturated rings. The van der Waals surface area contributed by atoms with Crippen molar-refractivity contribution in [1.29, 1.82) is 0 Å². The van der Waals surface area contributed by atoms with Crippen LogP contribution in [-0.2, 0) is 11.3 Å². The maximum atomic E-state index is 12.3. The van der Waals surface area contributed by atoms with Gasteiger partial charge in [-0.15, -0.1) is 0 Å². The summed E-state index contributed by atoms with van der Waals surface area (Å²) < 4.78 is 0. The Morgan fingerprint density at radius 1 is 1.04 bits per heavy atom. The third-order valence-corrected chi connectivity index (χ3v) is 4.50. The van der Waals surface area contributed by atoms with Gasteiger partial charge in [-0.3, -0.25) is 9.59 Å². The summed E-state index contributed by atoms with van der Waals surface area (Å²) in [5.41, 5.74) is 2.08. The van der Waals surface area contributed by atoms with Gasteiger partial charge in [0, 0.05) is 17.8 Å². The Labute approximate surface area is 147 Å². The van der Waals surface area contributed by atoms with Gasteiger partial charge in [-0.2, -0.15) is 0 Å². The van der Waals surface area contributed by atoms with Crippen molar-refractivity contribution in [3.63, 3.8) is 0 Å². The number of amides is 2. The summed E-state index contributed by atoms with van der Waals surface area (Å²) in [6, 6.07) is 16.5.